The molecule has 2 heterocycles. The van der Waals surface area contributed by atoms with Gasteiger partial charge >= 0.3 is 11.9 Å². The van der Waals surface area contributed by atoms with Crippen LogP contribution < -0.4 is 9.47 Å². The number of amidine groups is 1. The van der Waals surface area contributed by atoms with E-state index >= 15 is 0 Å². The van der Waals surface area contributed by atoms with Gasteiger partial charge in [0.2, 0.25) is 5.91 Å². The van der Waals surface area contributed by atoms with Crippen molar-refractivity contribution in [3.8, 4) is 11.5 Å². The van der Waals surface area contributed by atoms with Gasteiger partial charge in [-0.05, 0) is 43.5 Å². The van der Waals surface area contributed by atoms with Crippen LogP contribution in [0.4, 0.5) is 0 Å². The number of fused-ring (bicyclic) bond motifs is 1. The number of hydrogen-bond acceptors (Lipinski definition) is 8. The molecule has 188 valence electrons. The molecular formula is C27H28N2O6S. The van der Waals surface area contributed by atoms with Crippen LogP contribution in [0.5, 0.6) is 11.5 Å². The molecule has 0 N–H and O–H groups in total. The van der Waals surface area contributed by atoms with Crippen molar-refractivity contribution in [3.63, 3.8) is 0 Å². The fraction of sp³-hybridized carbons (Fsp3) is 0.333. The van der Waals surface area contributed by atoms with Gasteiger partial charge in [-0.25, -0.2) is 9.79 Å². The number of allylic oxidation sites excluding steroid dienone is 1. The van der Waals surface area contributed by atoms with Gasteiger partial charge in [-0.1, -0.05) is 55.1 Å². The van der Waals surface area contributed by atoms with Crippen molar-refractivity contribution in [1.82, 2.24) is 4.90 Å². The molecule has 0 aromatic heterocycles. The summed E-state index contributed by atoms with van der Waals surface area (Å²) in [6, 6.07) is 13.7. The molecular weight excluding hydrogens is 480 g/mol. The maximum Gasteiger partial charge on any atom is 0.338 e. The molecule has 0 bridgehead atoms. The Kier molecular flexibility index (Phi) is 7.79. The van der Waals surface area contributed by atoms with Crippen molar-refractivity contribution in [2.24, 2.45) is 4.99 Å². The number of hydrogen-bond donors (Lipinski definition) is 0. The predicted molar refractivity (Wildman–Crippen MR) is 137 cm³/mol. The van der Waals surface area contributed by atoms with E-state index in [1.807, 2.05) is 44.2 Å². The zero-order valence-electron chi connectivity index (χ0n) is 20.6. The summed E-state index contributed by atoms with van der Waals surface area (Å²) in [6.45, 7) is 7.25. The van der Waals surface area contributed by atoms with Crippen molar-refractivity contribution < 1.29 is 28.6 Å². The van der Waals surface area contributed by atoms with Crippen LogP contribution in [0.1, 0.15) is 51.3 Å². The van der Waals surface area contributed by atoms with Gasteiger partial charge in [-0.3, -0.25) is 14.5 Å². The van der Waals surface area contributed by atoms with Crippen LogP contribution in [0, 0.1) is 0 Å². The van der Waals surface area contributed by atoms with Crippen LogP contribution in [0.25, 0.3) is 0 Å². The Labute approximate surface area is 214 Å². The van der Waals surface area contributed by atoms with E-state index in [2.05, 4.69) is 4.99 Å². The van der Waals surface area contributed by atoms with Gasteiger partial charge < -0.3 is 14.2 Å². The zero-order valence-corrected chi connectivity index (χ0v) is 21.5. The molecule has 0 radical (unpaired) electrons. The van der Waals surface area contributed by atoms with Gasteiger partial charge in [0.1, 0.15) is 6.61 Å². The Balaban J connectivity index is 1.76. The first-order valence-electron chi connectivity index (χ1n) is 11.8. The van der Waals surface area contributed by atoms with Crippen LogP contribution in [-0.4, -0.2) is 39.8 Å². The predicted octanol–water partition coefficient (Wildman–Crippen LogP) is 4.79. The number of nitrogens with zero attached hydrogens (tertiary/aromatic N) is 2. The van der Waals surface area contributed by atoms with Crippen molar-refractivity contribution in [2.75, 3.05) is 6.61 Å². The molecule has 9 heteroatoms. The molecule has 4 rings (SSSR count). The topological polar surface area (TPSA) is 94.5 Å². The van der Waals surface area contributed by atoms with Crippen LogP contribution >= 0.6 is 11.8 Å². The Morgan fingerprint density at radius 1 is 1.08 bits per heavy atom. The van der Waals surface area contributed by atoms with Crippen LogP contribution in [0.2, 0.25) is 0 Å². The summed E-state index contributed by atoms with van der Waals surface area (Å²) < 4.78 is 16.7. The minimum Gasteiger partial charge on any atom is -0.490 e. The first-order chi connectivity index (χ1) is 17.3. The maximum absolute atomic E-state index is 13.4. The highest BCUT2D eigenvalue weighted by molar-refractivity contribution is 8.15. The van der Waals surface area contributed by atoms with Gasteiger partial charge in [0.15, 0.2) is 16.7 Å². The van der Waals surface area contributed by atoms with Crippen LogP contribution in [0.3, 0.4) is 0 Å². The van der Waals surface area contributed by atoms with E-state index in [4.69, 9.17) is 14.2 Å². The number of amides is 1. The summed E-state index contributed by atoms with van der Waals surface area (Å²) in [6.07, 6.45) is 0.633. The first-order valence-corrected chi connectivity index (χ1v) is 12.7. The van der Waals surface area contributed by atoms with Crippen LogP contribution in [-0.2, 0) is 25.7 Å². The fourth-order valence-electron chi connectivity index (χ4n) is 4.17. The minimum absolute atomic E-state index is 0.0929. The number of carbonyl (C=O) groups excluding carboxylic acids is 3. The molecule has 2 aromatic carbocycles. The van der Waals surface area contributed by atoms with Crippen molar-refractivity contribution in [1.29, 1.82) is 0 Å². The molecule has 0 saturated carbocycles. The lowest BCUT2D eigenvalue weighted by molar-refractivity contribution is -0.141. The lowest BCUT2D eigenvalue weighted by atomic mass is 9.93. The lowest BCUT2D eigenvalue weighted by Crippen LogP contribution is -2.40. The van der Waals surface area contributed by atoms with Crippen LogP contribution in [0.15, 0.2) is 64.8 Å². The Bertz CT molecular complexity index is 1240. The molecule has 2 aromatic rings. The van der Waals surface area contributed by atoms with E-state index in [9.17, 15) is 14.4 Å². The molecule has 2 aliphatic heterocycles. The third-order valence-corrected chi connectivity index (χ3v) is 7.11. The summed E-state index contributed by atoms with van der Waals surface area (Å²) in [5.41, 5.74) is 2.24. The van der Waals surface area contributed by atoms with Gasteiger partial charge in [-0.15, -0.1) is 0 Å². The number of benzene rings is 2. The largest absolute Gasteiger partial charge is 0.490 e. The minimum atomic E-state index is -0.761. The average molecular weight is 509 g/mol. The van der Waals surface area contributed by atoms with Crippen molar-refractivity contribution >= 4 is 34.8 Å². The zero-order chi connectivity index (χ0) is 25.8. The Morgan fingerprint density at radius 2 is 1.83 bits per heavy atom. The molecule has 1 fully saturated rings. The summed E-state index contributed by atoms with van der Waals surface area (Å²) in [5.74, 6) is -0.540. The van der Waals surface area contributed by atoms with E-state index in [0.717, 1.165) is 5.56 Å². The Hall–Kier alpha value is -3.59. The van der Waals surface area contributed by atoms with E-state index < -0.39 is 18.0 Å². The fourth-order valence-corrected chi connectivity index (χ4v) is 5.30. The molecule has 8 nitrogen and oxygen atoms in total. The molecule has 1 saturated heterocycles. The van der Waals surface area contributed by atoms with Gasteiger partial charge in [0.05, 0.1) is 29.2 Å². The highest BCUT2D eigenvalue weighted by atomic mass is 32.2. The maximum atomic E-state index is 13.4. The summed E-state index contributed by atoms with van der Waals surface area (Å²) in [5, 5.41) is 0.265. The second-order valence-corrected chi connectivity index (χ2v) is 9.48. The van der Waals surface area contributed by atoms with Crippen molar-refractivity contribution in [3.05, 3.63) is 70.9 Å². The number of esters is 2. The number of rotatable bonds is 8. The second-order valence-electron chi connectivity index (χ2n) is 8.31. The third kappa shape index (κ3) is 5.16. The number of aliphatic imine (C=N–C) groups is 1. The molecule has 2 aliphatic rings. The van der Waals surface area contributed by atoms with Gasteiger partial charge in [0, 0.05) is 6.92 Å². The molecule has 1 amide bonds. The van der Waals surface area contributed by atoms with E-state index in [-0.39, 0.29) is 29.1 Å². The highest BCUT2D eigenvalue weighted by Gasteiger charge is 2.47. The summed E-state index contributed by atoms with van der Waals surface area (Å²) >= 11 is 1.39. The molecule has 0 unspecified atom stereocenters. The molecule has 36 heavy (non-hydrogen) atoms. The monoisotopic (exact) mass is 508 g/mol. The smallest absolute Gasteiger partial charge is 0.338 e. The third-order valence-electron chi connectivity index (χ3n) is 5.79. The van der Waals surface area contributed by atoms with Gasteiger partial charge in [0.25, 0.3) is 0 Å². The highest BCUT2D eigenvalue weighted by Crippen LogP contribution is 2.45. The van der Waals surface area contributed by atoms with E-state index in [1.165, 1.54) is 18.7 Å². The summed E-state index contributed by atoms with van der Waals surface area (Å²) in [4.78, 5) is 44.6. The average Bonchev–Trinajstić information content (AvgIpc) is 3.18. The number of ether oxygens (including phenoxy) is 3. The number of thioether (sulfide) groups is 1. The van der Waals surface area contributed by atoms with E-state index in [0.29, 0.717) is 35.2 Å². The van der Waals surface area contributed by atoms with Gasteiger partial charge in [-0.2, -0.15) is 0 Å². The molecule has 0 spiro atoms. The van der Waals surface area contributed by atoms with E-state index in [1.54, 1.807) is 30.0 Å². The quantitative estimate of drug-likeness (QED) is 0.374. The Morgan fingerprint density at radius 3 is 2.50 bits per heavy atom. The summed E-state index contributed by atoms with van der Waals surface area (Å²) in [7, 11) is 0. The first kappa shape index (κ1) is 25.5. The lowest BCUT2D eigenvalue weighted by Gasteiger charge is -2.33. The molecule has 2 atom stereocenters. The number of carbonyl (C=O) groups is 3. The molecule has 0 aliphatic carbocycles. The normalized spacial score (nSPS) is 19.1. The SMILES string of the molecule is CCOc1cc([C@H]2C(C(=O)OCc3ccccc3)=C(C)N=C3S[C@H](CC)C(=O)N32)ccc1OC(C)=O. The van der Waals surface area contributed by atoms with Crippen molar-refractivity contribution in [2.45, 2.75) is 52.0 Å². The second kappa shape index (κ2) is 11.0. The standard InChI is InChI=1S/C27H28N2O6S/c1-5-22-25(31)29-24(19-12-13-20(35-17(4)30)21(14-19)33-6-2)23(16(3)28-27(29)36-22)26(32)34-15-18-10-8-7-9-11-18/h7-14,22,24H,5-6,15H2,1-4H3/t22-,24+/m1/s1.